The van der Waals surface area contributed by atoms with E-state index in [9.17, 15) is 4.79 Å². The van der Waals surface area contributed by atoms with Gasteiger partial charge in [-0.25, -0.2) is 0 Å². The molecule has 0 amide bonds. The summed E-state index contributed by atoms with van der Waals surface area (Å²) in [5.41, 5.74) is 2.80. The molecule has 3 aliphatic rings. The van der Waals surface area contributed by atoms with Gasteiger partial charge in [0.15, 0.2) is 0 Å². The summed E-state index contributed by atoms with van der Waals surface area (Å²) in [7, 11) is 0. The molecule has 3 aliphatic carbocycles. The number of Topliss-reactive ketones (excluding diaryl/α,β-unsaturated/α-hetero) is 1. The molecule has 1 fully saturated rings. The van der Waals surface area contributed by atoms with Gasteiger partial charge in [-0.2, -0.15) is 0 Å². The highest BCUT2D eigenvalue weighted by atomic mass is 16.1. The van der Waals surface area contributed by atoms with Crippen molar-refractivity contribution in [1.82, 2.24) is 0 Å². The average molecular weight is 238 g/mol. The van der Waals surface area contributed by atoms with Crippen LogP contribution in [0.15, 0.2) is 36.4 Å². The fourth-order valence-corrected chi connectivity index (χ4v) is 4.95. The molecule has 0 aliphatic heterocycles. The molecule has 0 bridgehead atoms. The number of hydrogen-bond donors (Lipinski definition) is 0. The van der Waals surface area contributed by atoms with Crippen molar-refractivity contribution in [3.8, 4) is 0 Å². The number of benzene rings is 1. The Morgan fingerprint density at radius 1 is 1.28 bits per heavy atom. The molecule has 1 nitrogen and oxygen atoms in total. The van der Waals surface area contributed by atoms with Crippen LogP contribution in [0.25, 0.3) is 0 Å². The second kappa shape index (κ2) is 3.14. The van der Waals surface area contributed by atoms with Crippen LogP contribution in [0.1, 0.15) is 37.3 Å². The SMILES string of the molecule is C[C@H]1C=CC[C@@]23CCc4ccccc4[C@]12C(=O)C3. The molecule has 3 atom stereocenters. The molecule has 18 heavy (non-hydrogen) atoms. The molecular formula is C17H18O. The molecule has 1 saturated carbocycles. The second-order valence-corrected chi connectivity index (χ2v) is 6.27. The summed E-state index contributed by atoms with van der Waals surface area (Å²) in [6.45, 7) is 2.23. The fourth-order valence-electron chi connectivity index (χ4n) is 4.95. The minimum absolute atomic E-state index is 0.184. The molecule has 0 radical (unpaired) electrons. The number of allylic oxidation sites excluding steroid dienone is 2. The fraction of sp³-hybridized carbons (Fsp3) is 0.471. The van der Waals surface area contributed by atoms with Gasteiger partial charge in [-0.3, -0.25) is 4.79 Å². The minimum Gasteiger partial charge on any atom is -0.299 e. The lowest BCUT2D eigenvalue weighted by Crippen LogP contribution is -2.68. The Morgan fingerprint density at radius 3 is 2.94 bits per heavy atom. The number of carbonyl (C=O) groups is 1. The average Bonchev–Trinajstić information content (AvgIpc) is 2.36. The van der Waals surface area contributed by atoms with Gasteiger partial charge in [-0.1, -0.05) is 43.3 Å². The maximum absolute atomic E-state index is 12.6. The molecule has 0 unspecified atom stereocenters. The lowest BCUT2D eigenvalue weighted by atomic mass is 9.36. The van der Waals surface area contributed by atoms with Gasteiger partial charge in [-0.15, -0.1) is 0 Å². The maximum Gasteiger partial charge on any atom is 0.145 e. The largest absolute Gasteiger partial charge is 0.299 e. The zero-order valence-corrected chi connectivity index (χ0v) is 10.8. The highest BCUT2D eigenvalue weighted by Crippen LogP contribution is 2.67. The van der Waals surface area contributed by atoms with E-state index in [0.717, 1.165) is 19.3 Å². The van der Waals surface area contributed by atoms with E-state index in [1.165, 1.54) is 17.5 Å². The van der Waals surface area contributed by atoms with Crippen LogP contribution in [0.4, 0.5) is 0 Å². The summed E-state index contributed by atoms with van der Waals surface area (Å²) in [5, 5.41) is 0. The smallest absolute Gasteiger partial charge is 0.145 e. The third-order valence-corrected chi connectivity index (χ3v) is 5.71. The lowest BCUT2D eigenvalue weighted by molar-refractivity contribution is -0.155. The third-order valence-electron chi connectivity index (χ3n) is 5.71. The molecule has 1 heteroatoms. The van der Waals surface area contributed by atoms with Gasteiger partial charge < -0.3 is 0 Å². The molecule has 0 aromatic heterocycles. The van der Waals surface area contributed by atoms with Gasteiger partial charge >= 0.3 is 0 Å². The van der Waals surface area contributed by atoms with Crippen LogP contribution >= 0.6 is 0 Å². The Bertz CT molecular complexity index is 571. The normalized spacial score (nSPS) is 40.5. The number of hydrogen-bond acceptors (Lipinski definition) is 1. The van der Waals surface area contributed by atoms with Crippen LogP contribution in [-0.2, 0) is 16.6 Å². The van der Waals surface area contributed by atoms with Crippen molar-refractivity contribution in [3.63, 3.8) is 0 Å². The van der Waals surface area contributed by atoms with Crippen molar-refractivity contribution in [2.75, 3.05) is 0 Å². The Balaban J connectivity index is 2.03. The van der Waals surface area contributed by atoms with E-state index in [-0.39, 0.29) is 10.8 Å². The van der Waals surface area contributed by atoms with Crippen LogP contribution in [0.3, 0.4) is 0 Å². The first kappa shape index (κ1) is 10.5. The van der Waals surface area contributed by atoms with Crippen molar-refractivity contribution in [2.24, 2.45) is 11.3 Å². The molecule has 1 aromatic rings. The second-order valence-electron chi connectivity index (χ2n) is 6.27. The monoisotopic (exact) mass is 238 g/mol. The van der Waals surface area contributed by atoms with E-state index < -0.39 is 0 Å². The van der Waals surface area contributed by atoms with Crippen LogP contribution in [-0.4, -0.2) is 5.78 Å². The van der Waals surface area contributed by atoms with E-state index >= 15 is 0 Å². The standard InChI is InChI=1S/C17H18O/c1-12-5-4-9-16-10-8-13-6-2-3-7-14(13)17(12,16)15(18)11-16/h2-7,12H,8-11H2,1H3/t12-,16-,17-/m0/s1. The number of rotatable bonds is 0. The van der Waals surface area contributed by atoms with Crippen LogP contribution in [0, 0.1) is 11.3 Å². The number of fused-ring (bicyclic) bond motifs is 1. The maximum atomic E-state index is 12.6. The number of carbonyl (C=O) groups excluding carboxylic acids is 1. The van der Waals surface area contributed by atoms with Gasteiger partial charge in [0.2, 0.25) is 0 Å². The van der Waals surface area contributed by atoms with E-state index in [1.807, 2.05) is 0 Å². The van der Waals surface area contributed by atoms with Gasteiger partial charge in [0.1, 0.15) is 5.78 Å². The van der Waals surface area contributed by atoms with Crippen LogP contribution in [0.5, 0.6) is 0 Å². The van der Waals surface area contributed by atoms with Crippen LogP contribution < -0.4 is 0 Å². The van der Waals surface area contributed by atoms with Crippen molar-refractivity contribution >= 4 is 5.78 Å². The number of ketones is 1. The molecule has 92 valence electrons. The zero-order valence-electron chi connectivity index (χ0n) is 10.8. The first-order valence-corrected chi connectivity index (χ1v) is 6.99. The van der Waals surface area contributed by atoms with Crippen molar-refractivity contribution in [3.05, 3.63) is 47.5 Å². The minimum atomic E-state index is -0.184. The van der Waals surface area contributed by atoms with Crippen molar-refractivity contribution in [2.45, 2.75) is 38.0 Å². The first-order chi connectivity index (χ1) is 8.71. The van der Waals surface area contributed by atoms with Crippen LogP contribution in [0.2, 0.25) is 0 Å². The summed E-state index contributed by atoms with van der Waals surface area (Å²) in [6, 6.07) is 8.62. The first-order valence-electron chi connectivity index (χ1n) is 6.99. The summed E-state index contributed by atoms with van der Waals surface area (Å²) < 4.78 is 0. The van der Waals surface area contributed by atoms with E-state index in [1.54, 1.807) is 0 Å². The predicted octanol–water partition coefficient (Wildman–Crippen LogP) is 3.43. The van der Waals surface area contributed by atoms with Gasteiger partial charge in [0.05, 0.1) is 5.41 Å². The van der Waals surface area contributed by atoms with Gasteiger partial charge in [0.25, 0.3) is 0 Å². The topological polar surface area (TPSA) is 17.1 Å². The van der Waals surface area contributed by atoms with Gasteiger partial charge in [0, 0.05) is 6.42 Å². The molecular weight excluding hydrogens is 220 g/mol. The van der Waals surface area contributed by atoms with Gasteiger partial charge in [-0.05, 0) is 41.7 Å². The Hall–Kier alpha value is -1.37. The molecule has 0 saturated heterocycles. The zero-order chi connectivity index (χ0) is 12.4. The lowest BCUT2D eigenvalue weighted by Gasteiger charge is -2.64. The molecule has 1 aromatic carbocycles. The molecule has 0 spiro atoms. The highest BCUT2D eigenvalue weighted by molar-refractivity contribution is 6.00. The van der Waals surface area contributed by atoms with Crippen molar-refractivity contribution < 1.29 is 4.79 Å². The quantitative estimate of drug-likeness (QED) is 0.633. The molecule has 0 heterocycles. The Morgan fingerprint density at radius 2 is 2.11 bits per heavy atom. The van der Waals surface area contributed by atoms with E-state index in [0.29, 0.717) is 11.7 Å². The highest BCUT2D eigenvalue weighted by Gasteiger charge is 2.69. The summed E-state index contributed by atoms with van der Waals surface area (Å²) in [4.78, 5) is 12.6. The van der Waals surface area contributed by atoms with E-state index in [2.05, 4.69) is 43.3 Å². The van der Waals surface area contributed by atoms with Crippen molar-refractivity contribution in [1.29, 1.82) is 0 Å². The summed E-state index contributed by atoms with van der Waals surface area (Å²) >= 11 is 0. The predicted molar refractivity (Wildman–Crippen MR) is 71.4 cm³/mol. The summed E-state index contributed by atoms with van der Waals surface area (Å²) in [5.74, 6) is 0.834. The molecule has 4 rings (SSSR count). The Kier molecular flexibility index (Phi) is 1.84. The molecule has 0 N–H and O–H groups in total. The van der Waals surface area contributed by atoms with E-state index in [4.69, 9.17) is 0 Å². The Labute approximate surface area is 108 Å². The number of aryl methyl sites for hydroxylation is 1. The third kappa shape index (κ3) is 0.911. The summed E-state index contributed by atoms with van der Waals surface area (Å²) in [6.07, 6.45) is 8.80.